The Bertz CT molecular complexity index is 773. The third kappa shape index (κ3) is 3.47. The van der Waals surface area contributed by atoms with Gasteiger partial charge in [-0.25, -0.2) is 4.79 Å². The summed E-state index contributed by atoms with van der Waals surface area (Å²) in [6, 6.07) is 0. The van der Waals surface area contributed by atoms with Crippen molar-refractivity contribution in [2.24, 2.45) is 7.05 Å². The van der Waals surface area contributed by atoms with E-state index in [1.54, 1.807) is 18.5 Å². The second-order valence-electron chi connectivity index (χ2n) is 6.36. The first-order valence-electron chi connectivity index (χ1n) is 7.70. The van der Waals surface area contributed by atoms with Gasteiger partial charge < -0.3 is 10.4 Å². The van der Waals surface area contributed by atoms with Gasteiger partial charge in [0.05, 0.1) is 17.6 Å². The Morgan fingerprint density at radius 3 is 2.54 bits per heavy atom. The van der Waals surface area contributed by atoms with E-state index in [2.05, 4.69) is 15.5 Å². The molecule has 0 saturated carbocycles. The third-order valence-electron chi connectivity index (χ3n) is 4.22. The molecule has 1 amide bonds. The average Bonchev–Trinajstić information content (AvgIpc) is 3.04. The Morgan fingerprint density at radius 1 is 1.33 bits per heavy atom. The lowest BCUT2D eigenvalue weighted by Gasteiger charge is -2.19. The van der Waals surface area contributed by atoms with Gasteiger partial charge in [0.1, 0.15) is 0 Å². The highest BCUT2D eigenvalue weighted by atomic mass is 16.4. The standard InChI is InChI=1S/C16H23N5O3/c1-10-13(11(2)20(5)19-10)6-7-14(22)18-12-8-17-21(9-12)16(3,4)15(23)24/h8-9H,6-7H2,1-5H3,(H,18,22)(H,23,24). The van der Waals surface area contributed by atoms with Crippen LogP contribution in [0.25, 0.3) is 0 Å². The lowest BCUT2D eigenvalue weighted by Crippen LogP contribution is -2.35. The summed E-state index contributed by atoms with van der Waals surface area (Å²) in [5.41, 5.74) is 2.37. The summed E-state index contributed by atoms with van der Waals surface area (Å²) in [6.07, 6.45) is 3.89. The maximum atomic E-state index is 12.1. The van der Waals surface area contributed by atoms with Gasteiger partial charge in [-0.2, -0.15) is 10.2 Å². The molecule has 8 nitrogen and oxygen atoms in total. The van der Waals surface area contributed by atoms with Crippen LogP contribution in [0.1, 0.15) is 37.2 Å². The summed E-state index contributed by atoms with van der Waals surface area (Å²) in [4.78, 5) is 23.3. The first kappa shape index (κ1) is 17.7. The number of hydrogen-bond acceptors (Lipinski definition) is 4. The molecule has 0 aliphatic heterocycles. The molecule has 0 unspecified atom stereocenters. The summed E-state index contributed by atoms with van der Waals surface area (Å²) in [7, 11) is 1.88. The van der Waals surface area contributed by atoms with Crippen molar-refractivity contribution in [3.05, 3.63) is 29.3 Å². The van der Waals surface area contributed by atoms with Crippen LogP contribution in [0, 0.1) is 13.8 Å². The Labute approximate surface area is 140 Å². The molecule has 0 spiro atoms. The molecule has 2 heterocycles. The molecule has 0 saturated heterocycles. The molecule has 2 aromatic rings. The molecule has 0 atom stereocenters. The van der Waals surface area contributed by atoms with E-state index in [1.165, 1.54) is 17.1 Å². The minimum absolute atomic E-state index is 0.148. The summed E-state index contributed by atoms with van der Waals surface area (Å²) in [5, 5.41) is 20.3. The Morgan fingerprint density at radius 2 is 2.00 bits per heavy atom. The van der Waals surface area contributed by atoms with Crippen LogP contribution in [0.4, 0.5) is 5.69 Å². The van der Waals surface area contributed by atoms with Crippen molar-refractivity contribution in [3.63, 3.8) is 0 Å². The van der Waals surface area contributed by atoms with Crippen LogP contribution in [-0.2, 0) is 28.6 Å². The van der Waals surface area contributed by atoms with Crippen molar-refractivity contribution in [2.75, 3.05) is 5.32 Å². The van der Waals surface area contributed by atoms with Gasteiger partial charge in [0.2, 0.25) is 5.91 Å². The number of carboxylic acid groups (broad SMARTS) is 1. The lowest BCUT2D eigenvalue weighted by molar-refractivity contribution is -0.146. The lowest BCUT2D eigenvalue weighted by atomic mass is 10.1. The summed E-state index contributed by atoms with van der Waals surface area (Å²) < 4.78 is 3.13. The van der Waals surface area contributed by atoms with E-state index in [0.717, 1.165) is 17.0 Å². The molecule has 0 aromatic carbocycles. The van der Waals surface area contributed by atoms with E-state index in [4.69, 9.17) is 0 Å². The maximum Gasteiger partial charge on any atom is 0.331 e. The molecule has 0 radical (unpaired) electrons. The van der Waals surface area contributed by atoms with Gasteiger partial charge in [-0.05, 0) is 39.7 Å². The first-order valence-corrected chi connectivity index (χ1v) is 7.70. The molecular formula is C16H23N5O3. The third-order valence-corrected chi connectivity index (χ3v) is 4.22. The maximum absolute atomic E-state index is 12.1. The number of anilines is 1. The summed E-state index contributed by atoms with van der Waals surface area (Å²) in [5.74, 6) is -1.14. The van der Waals surface area contributed by atoms with Crippen LogP contribution in [0.3, 0.4) is 0 Å². The van der Waals surface area contributed by atoms with Crippen molar-refractivity contribution in [1.82, 2.24) is 19.6 Å². The number of nitrogens with one attached hydrogen (secondary N) is 1. The van der Waals surface area contributed by atoms with Crippen LogP contribution in [0.5, 0.6) is 0 Å². The van der Waals surface area contributed by atoms with E-state index in [-0.39, 0.29) is 5.91 Å². The number of aliphatic carboxylic acids is 1. The van der Waals surface area contributed by atoms with E-state index >= 15 is 0 Å². The Kier molecular flexibility index (Phi) is 4.77. The smallest absolute Gasteiger partial charge is 0.331 e. The topological polar surface area (TPSA) is 102 Å². The molecule has 0 fully saturated rings. The van der Waals surface area contributed by atoms with Crippen LogP contribution in [0.15, 0.2) is 12.4 Å². The Balaban J connectivity index is 1.98. The number of nitrogens with zero attached hydrogens (tertiary/aromatic N) is 4. The van der Waals surface area contributed by atoms with Crippen molar-refractivity contribution < 1.29 is 14.7 Å². The van der Waals surface area contributed by atoms with Crippen molar-refractivity contribution >= 4 is 17.6 Å². The van der Waals surface area contributed by atoms with Gasteiger partial charge in [-0.15, -0.1) is 0 Å². The zero-order valence-corrected chi connectivity index (χ0v) is 14.6. The average molecular weight is 333 g/mol. The zero-order chi connectivity index (χ0) is 18.1. The minimum Gasteiger partial charge on any atom is -0.479 e. The fourth-order valence-electron chi connectivity index (χ4n) is 2.43. The van der Waals surface area contributed by atoms with Gasteiger partial charge in [-0.1, -0.05) is 0 Å². The molecule has 130 valence electrons. The highest BCUT2D eigenvalue weighted by Gasteiger charge is 2.30. The van der Waals surface area contributed by atoms with Gasteiger partial charge in [-0.3, -0.25) is 14.2 Å². The molecule has 8 heteroatoms. The number of aryl methyl sites for hydroxylation is 2. The molecule has 24 heavy (non-hydrogen) atoms. The fourth-order valence-corrected chi connectivity index (χ4v) is 2.43. The van der Waals surface area contributed by atoms with Gasteiger partial charge in [0.15, 0.2) is 5.54 Å². The van der Waals surface area contributed by atoms with Crippen LogP contribution in [-0.4, -0.2) is 36.5 Å². The largest absolute Gasteiger partial charge is 0.479 e. The number of rotatable bonds is 6. The van der Waals surface area contributed by atoms with Crippen molar-refractivity contribution in [1.29, 1.82) is 0 Å². The van der Waals surface area contributed by atoms with Crippen LogP contribution < -0.4 is 5.32 Å². The van der Waals surface area contributed by atoms with Crippen LogP contribution in [0.2, 0.25) is 0 Å². The second kappa shape index (κ2) is 6.46. The number of carbonyl (C=O) groups excluding carboxylic acids is 1. The molecule has 2 rings (SSSR count). The SMILES string of the molecule is Cc1nn(C)c(C)c1CCC(=O)Nc1cnn(C(C)(C)C(=O)O)c1. The molecule has 2 N–H and O–H groups in total. The molecule has 0 bridgehead atoms. The van der Waals surface area contributed by atoms with Gasteiger partial charge in [0.25, 0.3) is 0 Å². The second-order valence-corrected chi connectivity index (χ2v) is 6.36. The van der Waals surface area contributed by atoms with Crippen molar-refractivity contribution in [2.45, 2.75) is 46.1 Å². The Hall–Kier alpha value is -2.64. The summed E-state index contributed by atoms with van der Waals surface area (Å²) in [6.45, 7) is 6.99. The van der Waals surface area contributed by atoms with Gasteiger partial charge >= 0.3 is 5.97 Å². The highest BCUT2D eigenvalue weighted by Crippen LogP contribution is 2.18. The summed E-state index contributed by atoms with van der Waals surface area (Å²) >= 11 is 0. The molecule has 2 aromatic heterocycles. The minimum atomic E-state index is -1.17. The van der Waals surface area contributed by atoms with E-state index in [0.29, 0.717) is 18.5 Å². The predicted molar refractivity (Wildman–Crippen MR) is 88.8 cm³/mol. The number of carbonyl (C=O) groups is 2. The normalized spacial score (nSPS) is 11.5. The number of aromatic nitrogens is 4. The zero-order valence-electron chi connectivity index (χ0n) is 14.6. The van der Waals surface area contributed by atoms with E-state index < -0.39 is 11.5 Å². The molecule has 0 aliphatic rings. The molecular weight excluding hydrogens is 310 g/mol. The van der Waals surface area contributed by atoms with Crippen molar-refractivity contribution in [3.8, 4) is 0 Å². The predicted octanol–water partition coefficient (Wildman–Crippen LogP) is 1.62. The number of hydrogen-bond donors (Lipinski definition) is 2. The first-order chi connectivity index (χ1) is 11.1. The quantitative estimate of drug-likeness (QED) is 0.836. The monoisotopic (exact) mass is 333 g/mol. The number of amides is 1. The van der Waals surface area contributed by atoms with Gasteiger partial charge in [0, 0.05) is 25.4 Å². The highest BCUT2D eigenvalue weighted by molar-refractivity contribution is 5.90. The fraction of sp³-hybridized carbons (Fsp3) is 0.500. The number of carboxylic acids is 1. The molecule has 0 aliphatic carbocycles. The van der Waals surface area contributed by atoms with Crippen LogP contribution >= 0.6 is 0 Å². The van der Waals surface area contributed by atoms with E-state index in [9.17, 15) is 14.7 Å². The van der Waals surface area contributed by atoms with E-state index in [1.807, 2.05) is 20.9 Å².